The van der Waals surface area contributed by atoms with Gasteiger partial charge in [-0.25, -0.2) is 0 Å². The minimum absolute atomic E-state index is 0.00448. The maximum atomic E-state index is 11.2. The number of fused-ring (bicyclic) bond motifs is 1. The number of carboxylic acids is 1. The summed E-state index contributed by atoms with van der Waals surface area (Å²) in [6.45, 7) is 3.89. The second kappa shape index (κ2) is 10.5. The molecule has 1 fully saturated rings. The minimum Gasteiger partial charge on any atom is -0.481 e. The van der Waals surface area contributed by atoms with Gasteiger partial charge in [-0.15, -0.1) is 0 Å². The predicted octanol–water partition coefficient (Wildman–Crippen LogP) is 7.17. The third-order valence-corrected chi connectivity index (χ3v) is 8.00. The lowest BCUT2D eigenvalue weighted by molar-refractivity contribution is -0.136. The van der Waals surface area contributed by atoms with Gasteiger partial charge in [-0.3, -0.25) is 14.8 Å². The highest BCUT2D eigenvalue weighted by molar-refractivity contribution is 5.95. The molecule has 0 radical (unpaired) electrons. The molecule has 0 amide bonds. The molecule has 1 aromatic carbocycles. The molecule has 39 heavy (non-hydrogen) atoms. The predicted molar refractivity (Wildman–Crippen MR) is 150 cm³/mol. The van der Waals surface area contributed by atoms with Crippen LogP contribution in [0.3, 0.4) is 0 Å². The number of carbonyl (C=O) groups is 1. The summed E-state index contributed by atoms with van der Waals surface area (Å²) in [5.41, 5.74) is 8.61. The number of benzene rings is 1. The SMILES string of the molecule is Cc1noc(C)c1-c1cnc2c(-c3ccc(CC(=O)O)cc3)cn(C(c3ccccn3)C3CCCCC3)c2c1. The molecule has 7 nitrogen and oxygen atoms in total. The molecule has 0 saturated heterocycles. The van der Waals surface area contributed by atoms with Crippen molar-refractivity contribution in [3.05, 3.63) is 89.8 Å². The van der Waals surface area contributed by atoms with Crippen molar-refractivity contribution in [1.29, 1.82) is 0 Å². The molecule has 1 saturated carbocycles. The Balaban J connectivity index is 1.56. The maximum absolute atomic E-state index is 11.2. The Morgan fingerprint density at radius 2 is 1.85 bits per heavy atom. The van der Waals surface area contributed by atoms with E-state index in [-0.39, 0.29) is 12.5 Å². The molecule has 1 aliphatic rings. The number of aryl methyl sites for hydroxylation is 2. The van der Waals surface area contributed by atoms with E-state index in [1.54, 1.807) is 0 Å². The fourth-order valence-electron chi connectivity index (χ4n) is 6.19. The summed E-state index contributed by atoms with van der Waals surface area (Å²) in [6, 6.07) is 16.2. The lowest BCUT2D eigenvalue weighted by Gasteiger charge is -2.31. The molecule has 0 aliphatic heterocycles. The van der Waals surface area contributed by atoms with Gasteiger partial charge in [-0.2, -0.15) is 0 Å². The van der Waals surface area contributed by atoms with Crippen molar-refractivity contribution >= 4 is 17.0 Å². The van der Waals surface area contributed by atoms with E-state index in [1.807, 2.05) is 56.6 Å². The van der Waals surface area contributed by atoms with Crippen LogP contribution < -0.4 is 0 Å². The van der Waals surface area contributed by atoms with E-state index >= 15 is 0 Å². The summed E-state index contributed by atoms with van der Waals surface area (Å²) in [5.74, 6) is 0.408. The Morgan fingerprint density at radius 1 is 1.05 bits per heavy atom. The minimum atomic E-state index is -0.835. The summed E-state index contributed by atoms with van der Waals surface area (Å²) in [7, 11) is 0. The van der Waals surface area contributed by atoms with Gasteiger partial charge >= 0.3 is 5.97 Å². The van der Waals surface area contributed by atoms with Crippen LogP contribution in [0.25, 0.3) is 33.3 Å². The van der Waals surface area contributed by atoms with Gasteiger partial charge in [-0.1, -0.05) is 54.8 Å². The maximum Gasteiger partial charge on any atom is 0.307 e. The van der Waals surface area contributed by atoms with Crippen LogP contribution in [0.4, 0.5) is 0 Å². The molecular weight excluding hydrogens is 488 g/mol. The van der Waals surface area contributed by atoms with Crippen molar-refractivity contribution in [1.82, 2.24) is 19.7 Å². The van der Waals surface area contributed by atoms with Crippen LogP contribution in [0.2, 0.25) is 0 Å². The summed E-state index contributed by atoms with van der Waals surface area (Å²) in [6.07, 6.45) is 12.1. The first-order valence-electron chi connectivity index (χ1n) is 13.7. The van der Waals surface area contributed by atoms with E-state index < -0.39 is 5.97 Å². The van der Waals surface area contributed by atoms with Crippen LogP contribution in [-0.2, 0) is 11.2 Å². The zero-order valence-electron chi connectivity index (χ0n) is 22.3. The summed E-state index contributed by atoms with van der Waals surface area (Å²) < 4.78 is 7.86. The van der Waals surface area contributed by atoms with Gasteiger partial charge in [0.2, 0.25) is 0 Å². The number of hydrogen-bond acceptors (Lipinski definition) is 5. The van der Waals surface area contributed by atoms with Gasteiger partial charge in [-0.05, 0) is 61.9 Å². The summed E-state index contributed by atoms with van der Waals surface area (Å²) in [4.78, 5) is 21.0. The first-order valence-corrected chi connectivity index (χ1v) is 13.7. The smallest absolute Gasteiger partial charge is 0.307 e. The first kappa shape index (κ1) is 25.0. The Labute approximate surface area is 227 Å². The number of rotatable bonds is 7. The van der Waals surface area contributed by atoms with Crippen LogP contribution in [0, 0.1) is 19.8 Å². The van der Waals surface area contributed by atoms with E-state index in [0.29, 0.717) is 5.92 Å². The van der Waals surface area contributed by atoms with Crippen LogP contribution in [-0.4, -0.2) is 30.8 Å². The molecular formula is C32H32N4O3. The van der Waals surface area contributed by atoms with Crippen molar-refractivity contribution in [3.8, 4) is 22.3 Å². The number of carboxylic acid groups (broad SMARTS) is 1. The Kier molecular flexibility index (Phi) is 6.73. The molecule has 4 aromatic heterocycles. The zero-order chi connectivity index (χ0) is 26.9. The fraction of sp³-hybridized carbons (Fsp3) is 0.312. The molecule has 1 aliphatic carbocycles. The van der Waals surface area contributed by atoms with Crippen molar-refractivity contribution < 1.29 is 14.4 Å². The van der Waals surface area contributed by atoms with Crippen LogP contribution in [0.5, 0.6) is 0 Å². The molecule has 0 spiro atoms. The average Bonchev–Trinajstić information content (AvgIpc) is 3.49. The van der Waals surface area contributed by atoms with Crippen LogP contribution in [0.1, 0.15) is 60.9 Å². The zero-order valence-corrected chi connectivity index (χ0v) is 22.3. The highest BCUT2D eigenvalue weighted by Gasteiger charge is 2.30. The van der Waals surface area contributed by atoms with Crippen molar-refractivity contribution in [2.45, 2.75) is 58.4 Å². The van der Waals surface area contributed by atoms with Gasteiger partial charge in [0.05, 0.1) is 34.9 Å². The van der Waals surface area contributed by atoms with E-state index in [2.05, 4.69) is 34.1 Å². The lowest BCUT2D eigenvalue weighted by atomic mass is 9.82. The van der Waals surface area contributed by atoms with E-state index in [0.717, 1.165) is 68.8 Å². The third-order valence-electron chi connectivity index (χ3n) is 8.00. The second-order valence-electron chi connectivity index (χ2n) is 10.6. The van der Waals surface area contributed by atoms with Crippen molar-refractivity contribution in [2.75, 3.05) is 0 Å². The Bertz CT molecular complexity index is 1590. The second-order valence-corrected chi connectivity index (χ2v) is 10.6. The fourth-order valence-corrected chi connectivity index (χ4v) is 6.19. The van der Waals surface area contributed by atoms with Gasteiger partial charge in [0.15, 0.2) is 0 Å². The van der Waals surface area contributed by atoms with Crippen molar-refractivity contribution in [2.24, 2.45) is 5.92 Å². The van der Waals surface area contributed by atoms with Gasteiger partial charge < -0.3 is 14.2 Å². The van der Waals surface area contributed by atoms with E-state index in [4.69, 9.17) is 14.5 Å². The number of hydrogen-bond donors (Lipinski definition) is 1. The number of nitrogens with zero attached hydrogens (tertiary/aromatic N) is 4. The highest BCUT2D eigenvalue weighted by atomic mass is 16.5. The lowest BCUT2D eigenvalue weighted by Crippen LogP contribution is -2.23. The molecule has 1 atom stereocenters. The third kappa shape index (κ3) is 4.85. The Morgan fingerprint density at radius 3 is 2.51 bits per heavy atom. The van der Waals surface area contributed by atoms with Gasteiger partial charge in [0.1, 0.15) is 5.76 Å². The van der Waals surface area contributed by atoms with Gasteiger partial charge in [0.25, 0.3) is 0 Å². The topological polar surface area (TPSA) is 94.0 Å². The molecule has 1 N–H and O–H groups in total. The number of aliphatic carboxylic acids is 1. The number of aromatic nitrogens is 4. The molecule has 0 bridgehead atoms. The monoisotopic (exact) mass is 520 g/mol. The molecule has 7 heteroatoms. The normalized spacial score (nSPS) is 15.0. The molecule has 4 heterocycles. The van der Waals surface area contributed by atoms with E-state index in [1.165, 1.54) is 19.3 Å². The summed E-state index contributed by atoms with van der Waals surface area (Å²) in [5, 5.41) is 13.4. The largest absolute Gasteiger partial charge is 0.481 e. The molecule has 198 valence electrons. The van der Waals surface area contributed by atoms with Gasteiger partial charge in [0, 0.05) is 35.3 Å². The first-order chi connectivity index (χ1) is 19.0. The van der Waals surface area contributed by atoms with E-state index in [9.17, 15) is 9.90 Å². The molecule has 5 aromatic rings. The quantitative estimate of drug-likeness (QED) is 0.245. The molecule has 6 rings (SSSR count). The molecule has 1 unspecified atom stereocenters. The average molecular weight is 521 g/mol. The standard InChI is InChI=1S/C32H32N4O3/c1-20-30(21(2)39-35-20)25-17-28-31(34-18-25)26(23-13-11-22(12-14-23)16-29(37)38)19-36(28)32(24-8-4-3-5-9-24)27-10-6-7-15-33-27/h6-7,10-15,17-19,24,32H,3-5,8-9,16H2,1-2H3,(H,37,38). The highest BCUT2D eigenvalue weighted by Crippen LogP contribution is 2.42. The van der Waals surface area contributed by atoms with Crippen molar-refractivity contribution in [3.63, 3.8) is 0 Å². The summed E-state index contributed by atoms with van der Waals surface area (Å²) >= 11 is 0. The van der Waals surface area contributed by atoms with Crippen LogP contribution >= 0.6 is 0 Å². The number of pyridine rings is 2. The Hall–Kier alpha value is -4.26. The van der Waals surface area contributed by atoms with Crippen LogP contribution in [0.15, 0.2) is 71.6 Å².